The van der Waals surface area contributed by atoms with Crippen LogP contribution in [0.25, 0.3) is 0 Å². The highest BCUT2D eigenvalue weighted by Crippen LogP contribution is 2.44. The molecule has 0 fully saturated rings. The zero-order valence-electron chi connectivity index (χ0n) is 17.4. The Morgan fingerprint density at radius 3 is 2.72 bits per heavy atom. The maximum atomic E-state index is 12.3. The van der Waals surface area contributed by atoms with Gasteiger partial charge in [0.1, 0.15) is 17.4 Å². The molecule has 3 aromatic rings. The van der Waals surface area contributed by atoms with Gasteiger partial charge in [-0.05, 0) is 19.1 Å². The number of halogens is 1. The summed E-state index contributed by atoms with van der Waals surface area (Å²) >= 11 is 1.49. The van der Waals surface area contributed by atoms with Crippen LogP contribution in [0.5, 0.6) is 5.75 Å². The van der Waals surface area contributed by atoms with Crippen LogP contribution in [0.15, 0.2) is 36.0 Å². The van der Waals surface area contributed by atoms with E-state index in [4.69, 9.17) is 20.5 Å². The molecule has 1 atom stereocenters. The molecule has 13 heteroatoms. The van der Waals surface area contributed by atoms with Gasteiger partial charge in [0.05, 0.1) is 22.6 Å². The van der Waals surface area contributed by atoms with Crippen molar-refractivity contribution in [1.29, 1.82) is 0 Å². The normalized spacial score (nSPS) is 12.6. The molecule has 0 bridgehead atoms. The third kappa shape index (κ3) is 6.47. The maximum Gasteiger partial charge on any atom is 0.527 e. The fraction of sp³-hybridized carbons (Fsp3) is 0.263. The molecule has 2 aromatic heterocycles. The first-order valence-electron chi connectivity index (χ1n) is 9.26. The minimum Gasteiger partial charge on any atom is -1.00 e. The van der Waals surface area contributed by atoms with Crippen molar-refractivity contribution in [3.8, 4) is 5.75 Å². The van der Waals surface area contributed by atoms with Gasteiger partial charge in [-0.15, -0.1) is 0 Å². The Morgan fingerprint density at radius 1 is 1.31 bits per heavy atom. The quantitative estimate of drug-likeness (QED) is 0.248. The van der Waals surface area contributed by atoms with Gasteiger partial charge in [0.25, 0.3) is 5.91 Å². The topological polar surface area (TPSA) is 155 Å². The van der Waals surface area contributed by atoms with Gasteiger partial charge in [-0.25, -0.2) is 14.5 Å². The molecule has 2 heterocycles. The van der Waals surface area contributed by atoms with E-state index >= 15 is 0 Å². The van der Waals surface area contributed by atoms with E-state index < -0.39 is 13.7 Å². The van der Waals surface area contributed by atoms with Crippen LogP contribution in [0.3, 0.4) is 0 Å². The van der Waals surface area contributed by atoms with Crippen LogP contribution in [0.2, 0.25) is 0 Å². The number of amides is 1. The summed E-state index contributed by atoms with van der Waals surface area (Å²) in [6.45, 7) is 4.18. The summed E-state index contributed by atoms with van der Waals surface area (Å²) in [7, 11) is -4.44. The number of carbonyl (C=O) groups is 1. The van der Waals surface area contributed by atoms with Crippen molar-refractivity contribution < 1.29 is 40.3 Å². The van der Waals surface area contributed by atoms with E-state index in [-0.39, 0.29) is 30.3 Å². The first-order valence-corrected chi connectivity index (χ1v) is 11.6. The zero-order chi connectivity index (χ0) is 22.6. The molecule has 0 saturated carbocycles. The molecule has 1 amide bonds. The number of benzene rings is 1. The number of anilines is 1. The van der Waals surface area contributed by atoms with Gasteiger partial charge in [0.15, 0.2) is 12.2 Å². The highest BCUT2D eigenvalue weighted by atomic mass is 35.5. The first kappa shape index (κ1) is 25.7. The van der Waals surface area contributed by atoms with E-state index in [1.54, 1.807) is 25.3 Å². The average Bonchev–Trinajstić information content (AvgIpc) is 3.03. The Kier molecular flexibility index (Phi) is 8.71. The minimum atomic E-state index is -4.44. The van der Waals surface area contributed by atoms with Crippen molar-refractivity contribution in [3.63, 3.8) is 0 Å². The van der Waals surface area contributed by atoms with Crippen LogP contribution < -0.4 is 33.0 Å². The summed E-state index contributed by atoms with van der Waals surface area (Å²) in [5.74, 6) is 0.170. The lowest BCUT2D eigenvalue weighted by Gasteiger charge is -2.14. The fourth-order valence-electron chi connectivity index (χ4n) is 2.82. The van der Waals surface area contributed by atoms with Crippen molar-refractivity contribution in [2.24, 2.45) is 5.73 Å². The van der Waals surface area contributed by atoms with Crippen molar-refractivity contribution in [2.45, 2.75) is 26.8 Å². The lowest BCUT2D eigenvalue weighted by atomic mass is 10.2. The number of nitrogen functional groups attached to an aromatic ring is 1. The van der Waals surface area contributed by atoms with Crippen LogP contribution >= 0.6 is 19.2 Å². The molecular formula is C19H23ClN5O5PS. The number of phosphoric acid groups is 1. The predicted molar refractivity (Wildman–Crippen MR) is 115 cm³/mol. The second kappa shape index (κ2) is 10.8. The molecule has 10 nitrogen and oxygen atoms in total. The summed E-state index contributed by atoms with van der Waals surface area (Å²) in [5.41, 5.74) is 14.9. The van der Waals surface area contributed by atoms with Crippen LogP contribution in [-0.2, 0) is 22.1 Å². The fourth-order valence-corrected chi connectivity index (χ4v) is 4.58. The second-order valence-corrected chi connectivity index (χ2v) is 9.01. The number of phosphoric ester groups is 1. The third-order valence-electron chi connectivity index (χ3n) is 4.47. The smallest absolute Gasteiger partial charge is 0.527 e. The summed E-state index contributed by atoms with van der Waals surface area (Å²) in [6, 6.07) is 5.90. The number of thiazole rings is 1. The van der Waals surface area contributed by atoms with E-state index in [1.165, 1.54) is 23.5 Å². The summed E-state index contributed by atoms with van der Waals surface area (Å²) in [5, 5.41) is 0. The standard InChI is InChI=1S/C19H22N5O5PS.ClH/c1-12-17(31-11-24(12)10-14-9-22-13(2)23-18(14)20)7-8-28-30(26,27)29-16-6-4-3-5-15(16)19(21)25;/h3-6,9,11H,7-8,10H2,1-2H3,(H4-,20,21,22,23,25,26,27);1H. The molecule has 5 N–H and O–H groups in total. The predicted octanol–water partition coefficient (Wildman–Crippen LogP) is -1.09. The lowest BCUT2D eigenvalue weighted by Crippen LogP contribution is -3.00. The van der Waals surface area contributed by atoms with Gasteiger partial charge in [0.2, 0.25) is 5.51 Å². The number of hydrogen-bond donors (Lipinski definition) is 3. The Labute approximate surface area is 195 Å². The Bertz CT molecular complexity index is 1160. The average molecular weight is 500 g/mol. The molecular weight excluding hydrogens is 477 g/mol. The maximum absolute atomic E-state index is 12.3. The number of nitrogens with two attached hydrogens (primary N) is 2. The van der Waals surface area contributed by atoms with Crippen molar-refractivity contribution in [1.82, 2.24) is 9.97 Å². The molecule has 0 aliphatic heterocycles. The highest BCUT2D eigenvalue weighted by molar-refractivity contribution is 7.47. The van der Waals surface area contributed by atoms with Gasteiger partial charge in [-0.2, -0.15) is 4.57 Å². The monoisotopic (exact) mass is 499 g/mol. The molecule has 0 spiro atoms. The van der Waals surface area contributed by atoms with Crippen molar-refractivity contribution >= 4 is 30.9 Å². The number of carbonyl (C=O) groups excluding carboxylic acids is 1. The van der Waals surface area contributed by atoms with Crippen LogP contribution in [0.1, 0.15) is 32.3 Å². The number of para-hydroxylation sites is 1. The first-order chi connectivity index (χ1) is 14.7. The summed E-state index contributed by atoms with van der Waals surface area (Å²) in [4.78, 5) is 30.8. The Morgan fingerprint density at radius 2 is 2.03 bits per heavy atom. The number of rotatable bonds is 9. The van der Waals surface area contributed by atoms with Gasteiger partial charge in [-0.3, -0.25) is 14.2 Å². The zero-order valence-corrected chi connectivity index (χ0v) is 19.9. The van der Waals surface area contributed by atoms with Gasteiger partial charge < -0.3 is 28.4 Å². The lowest BCUT2D eigenvalue weighted by molar-refractivity contribution is -0.689. The Balaban J connectivity index is 0.00000363. The van der Waals surface area contributed by atoms with E-state index in [1.807, 2.05) is 17.0 Å². The molecule has 32 heavy (non-hydrogen) atoms. The van der Waals surface area contributed by atoms with Crippen LogP contribution in [-0.4, -0.2) is 27.4 Å². The molecule has 172 valence electrons. The van der Waals surface area contributed by atoms with Gasteiger partial charge in [0, 0.05) is 19.5 Å². The molecule has 0 aliphatic carbocycles. The minimum absolute atomic E-state index is 0. The molecule has 0 radical (unpaired) electrons. The van der Waals surface area contributed by atoms with Crippen LogP contribution in [0.4, 0.5) is 5.82 Å². The number of primary amides is 1. The van der Waals surface area contributed by atoms with Crippen molar-refractivity contribution in [2.75, 3.05) is 12.3 Å². The number of nitrogens with zero attached hydrogens (tertiary/aromatic N) is 3. The van der Waals surface area contributed by atoms with E-state index in [9.17, 15) is 14.3 Å². The SMILES string of the molecule is Cc1ncc(C[n+]2csc(CCOP(=O)(O)Oc3ccccc3C(N)=O)c2C)c(N)n1.[Cl-]. The summed E-state index contributed by atoms with van der Waals surface area (Å²) < 4.78 is 24.4. The number of hydrogen-bond acceptors (Lipinski definition) is 8. The van der Waals surface area contributed by atoms with Gasteiger partial charge in [-0.1, -0.05) is 23.5 Å². The number of aromatic nitrogens is 3. The van der Waals surface area contributed by atoms with Crippen LogP contribution in [0, 0.1) is 13.8 Å². The van der Waals surface area contributed by atoms with E-state index in [0.717, 1.165) is 16.1 Å². The van der Waals surface area contributed by atoms with E-state index in [0.29, 0.717) is 24.6 Å². The summed E-state index contributed by atoms with van der Waals surface area (Å²) in [6.07, 6.45) is 2.10. The molecule has 0 saturated heterocycles. The van der Waals surface area contributed by atoms with Gasteiger partial charge >= 0.3 is 7.82 Å². The Hall–Kier alpha value is -2.56. The third-order valence-corrected chi connectivity index (χ3v) is 6.55. The molecule has 1 unspecified atom stereocenters. The molecule has 0 aliphatic rings. The number of aryl methyl sites for hydroxylation is 1. The highest BCUT2D eigenvalue weighted by Gasteiger charge is 2.26. The molecule has 3 rings (SSSR count). The van der Waals surface area contributed by atoms with Crippen molar-refractivity contribution in [3.05, 3.63) is 63.5 Å². The largest absolute Gasteiger partial charge is 1.00 e. The van der Waals surface area contributed by atoms with E-state index in [2.05, 4.69) is 9.97 Å². The molecule has 1 aromatic carbocycles. The second-order valence-electron chi connectivity index (χ2n) is 6.69.